The number of hydrogen-bond acceptors (Lipinski definition) is 4. The van der Waals surface area contributed by atoms with Crippen LogP contribution in [0.15, 0.2) is 70.3 Å². The zero-order chi connectivity index (χ0) is 25.5. The van der Waals surface area contributed by atoms with Crippen molar-refractivity contribution in [3.05, 3.63) is 83.3 Å². The van der Waals surface area contributed by atoms with Gasteiger partial charge in [0.05, 0.1) is 11.8 Å². The van der Waals surface area contributed by atoms with Crippen LogP contribution < -0.4 is 16.5 Å². The molecule has 1 amide bonds. The molecule has 8 nitrogen and oxygen atoms in total. The quantitative estimate of drug-likeness (QED) is 0.293. The van der Waals surface area contributed by atoms with E-state index in [0.717, 1.165) is 16.9 Å². The molecule has 3 rings (SSSR count). The van der Waals surface area contributed by atoms with Crippen LogP contribution in [0.1, 0.15) is 66.4 Å². The second kappa shape index (κ2) is 11.4. The van der Waals surface area contributed by atoms with Gasteiger partial charge in [-0.05, 0) is 41.7 Å². The maximum Gasteiger partial charge on any atom is 0.309 e. The molecule has 2 aromatic carbocycles. The van der Waals surface area contributed by atoms with Crippen LogP contribution >= 0.6 is 0 Å². The Hall–Kier alpha value is -4.07. The first-order valence-electron chi connectivity index (χ1n) is 11.6. The van der Waals surface area contributed by atoms with E-state index in [-0.39, 0.29) is 40.6 Å². The van der Waals surface area contributed by atoms with Crippen molar-refractivity contribution < 1.29 is 19.3 Å². The van der Waals surface area contributed by atoms with Gasteiger partial charge in [0.2, 0.25) is 5.84 Å². The SMILES string of the molecule is CC[C@@H]([NH+]=C(N)C(N)=Nc1cccc(C(=O)N(C)Cc2ccccc2)c1O)c1cc(C(C)C)co1. The topological polar surface area (TPSA) is 132 Å². The number of amidine groups is 2. The Bertz CT molecular complexity index is 1210. The molecule has 1 heterocycles. The van der Waals surface area contributed by atoms with E-state index in [1.807, 2.05) is 43.3 Å². The third-order valence-electron chi connectivity index (χ3n) is 5.76. The van der Waals surface area contributed by atoms with Crippen molar-refractivity contribution in [1.29, 1.82) is 0 Å². The van der Waals surface area contributed by atoms with Crippen LogP contribution in [0.2, 0.25) is 0 Å². The summed E-state index contributed by atoms with van der Waals surface area (Å²) < 4.78 is 5.71. The number of aromatic hydroxyl groups is 1. The van der Waals surface area contributed by atoms with E-state index in [0.29, 0.717) is 18.9 Å². The molecule has 0 fully saturated rings. The second-order valence-electron chi connectivity index (χ2n) is 8.77. The molecule has 0 aliphatic heterocycles. The summed E-state index contributed by atoms with van der Waals surface area (Å²) >= 11 is 0. The molecule has 0 aliphatic rings. The predicted octanol–water partition coefficient (Wildman–Crippen LogP) is 2.96. The van der Waals surface area contributed by atoms with Gasteiger partial charge in [-0.3, -0.25) is 15.5 Å². The number of hydrogen-bond donors (Lipinski definition) is 4. The molecule has 3 aromatic rings. The van der Waals surface area contributed by atoms with Gasteiger partial charge in [0.15, 0.2) is 11.8 Å². The van der Waals surface area contributed by atoms with Gasteiger partial charge in [0, 0.05) is 13.6 Å². The number of nitrogens with two attached hydrogens (primary N) is 2. The maximum atomic E-state index is 13.0. The third-order valence-corrected chi connectivity index (χ3v) is 5.76. The summed E-state index contributed by atoms with van der Waals surface area (Å²) in [5.74, 6) is 0.662. The van der Waals surface area contributed by atoms with Crippen molar-refractivity contribution >= 4 is 23.3 Å². The van der Waals surface area contributed by atoms with Gasteiger partial charge in [0.1, 0.15) is 11.4 Å². The highest BCUT2D eigenvalue weighted by Gasteiger charge is 2.21. The van der Waals surface area contributed by atoms with Crippen molar-refractivity contribution in [3.8, 4) is 5.75 Å². The standard InChI is InChI=1S/C27H33N5O3/c1-5-21(23-14-19(16-35-23)17(2)3)30-25(28)26(29)31-22-13-9-12-20(24(22)33)27(34)32(4)15-18-10-7-6-8-11-18/h6-14,16-17,21,33H,5,15H2,1-4H3,(H2,28,30)(H2,29,31)/p+1/t21-/m1/s1. The van der Waals surface area contributed by atoms with Gasteiger partial charge in [-0.1, -0.05) is 57.2 Å². The molecule has 0 unspecified atom stereocenters. The average molecular weight is 477 g/mol. The lowest BCUT2D eigenvalue weighted by Gasteiger charge is -2.18. The zero-order valence-corrected chi connectivity index (χ0v) is 20.7. The Labute approximate surface area is 206 Å². The Morgan fingerprint density at radius 1 is 1.14 bits per heavy atom. The molecule has 8 heteroatoms. The van der Waals surface area contributed by atoms with Gasteiger partial charge >= 0.3 is 5.84 Å². The summed E-state index contributed by atoms with van der Waals surface area (Å²) in [6.07, 6.45) is 2.45. The average Bonchev–Trinajstić information content (AvgIpc) is 3.34. The van der Waals surface area contributed by atoms with Crippen LogP contribution in [0.3, 0.4) is 0 Å². The summed E-state index contributed by atoms with van der Waals surface area (Å²) in [4.78, 5) is 21.9. The first-order valence-corrected chi connectivity index (χ1v) is 11.6. The predicted molar refractivity (Wildman–Crippen MR) is 138 cm³/mol. The number of amides is 1. The van der Waals surface area contributed by atoms with Crippen molar-refractivity contribution in [2.45, 2.75) is 45.7 Å². The molecule has 0 radical (unpaired) electrons. The first-order chi connectivity index (χ1) is 16.7. The normalized spacial score (nSPS) is 13.2. The number of phenols is 1. The Kier molecular flexibility index (Phi) is 8.30. The number of para-hydroxylation sites is 1. The minimum atomic E-state index is -0.332. The second-order valence-corrected chi connectivity index (χ2v) is 8.77. The van der Waals surface area contributed by atoms with E-state index in [9.17, 15) is 9.90 Å². The molecule has 1 atom stereocenters. The monoisotopic (exact) mass is 476 g/mol. The highest BCUT2D eigenvalue weighted by Crippen LogP contribution is 2.31. The smallest absolute Gasteiger partial charge is 0.309 e. The van der Waals surface area contributed by atoms with E-state index in [4.69, 9.17) is 15.9 Å². The highest BCUT2D eigenvalue weighted by molar-refractivity contribution is 6.37. The number of rotatable bonds is 8. The molecule has 0 aliphatic carbocycles. The molecule has 0 saturated carbocycles. The number of carbonyl (C=O) groups is 1. The Balaban J connectivity index is 1.81. The molecular weight excluding hydrogens is 442 g/mol. The number of phenolic OH excluding ortho intramolecular Hbond substituents is 1. The number of benzene rings is 2. The van der Waals surface area contributed by atoms with Crippen molar-refractivity contribution in [3.63, 3.8) is 0 Å². The van der Waals surface area contributed by atoms with Crippen molar-refractivity contribution in [2.24, 2.45) is 16.5 Å². The van der Waals surface area contributed by atoms with E-state index in [2.05, 4.69) is 23.8 Å². The number of furan rings is 1. The Morgan fingerprint density at radius 2 is 1.86 bits per heavy atom. The largest absolute Gasteiger partial charge is 0.505 e. The van der Waals surface area contributed by atoms with Gasteiger partial charge in [-0.15, -0.1) is 0 Å². The fourth-order valence-corrected chi connectivity index (χ4v) is 3.61. The number of carbonyl (C=O) groups excluding carboxylic acids is 1. The summed E-state index contributed by atoms with van der Waals surface area (Å²) in [6, 6.07) is 16.2. The van der Waals surface area contributed by atoms with Gasteiger partial charge in [0.25, 0.3) is 5.91 Å². The lowest BCUT2D eigenvalue weighted by molar-refractivity contribution is -0.512. The molecule has 184 valence electrons. The minimum absolute atomic E-state index is 0.00312. The molecular formula is C27H34N5O3+. The van der Waals surface area contributed by atoms with Gasteiger partial charge in [-0.2, -0.15) is 0 Å². The lowest BCUT2D eigenvalue weighted by Crippen LogP contribution is -2.79. The van der Waals surface area contributed by atoms with Crippen LogP contribution in [0.25, 0.3) is 0 Å². The van der Waals surface area contributed by atoms with Crippen molar-refractivity contribution in [2.75, 3.05) is 7.05 Å². The molecule has 35 heavy (non-hydrogen) atoms. The first kappa shape index (κ1) is 25.6. The van der Waals surface area contributed by atoms with E-state index >= 15 is 0 Å². The summed E-state index contributed by atoms with van der Waals surface area (Å²) in [5, 5.41) is 10.8. The maximum absolute atomic E-state index is 13.0. The summed E-state index contributed by atoms with van der Waals surface area (Å²) in [7, 11) is 1.68. The van der Waals surface area contributed by atoms with Crippen LogP contribution in [0.5, 0.6) is 5.75 Å². The molecule has 0 saturated heterocycles. The third kappa shape index (κ3) is 6.29. The van der Waals surface area contributed by atoms with Crippen molar-refractivity contribution in [1.82, 2.24) is 4.90 Å². The lowest BCUT2D eigenvalue weighted by atomic mass is 10.1. The van der Waals surface area contributed by atoms with E-state index in [1.54, 1.807) is 31.5 Å². The van der Waals surface area contributed by atoms with E-state index < -0.39 is 0 Å². The molecule has 6 N–H and O–H groups in total. The van der Waals surface area contributed by atoms with Gasteiger partial charge < -0.3 is 20.2 Å². The molecule has 1 aromatic heterocycles. The summed E-state index contributed by atoms with van der Waals surface area (Å²) in [5.41, 5.74) is 14.7. The number of nitrogens with zero attached hydrogens (tertiary/aromatic N) is 2. The van der Waals surface area contributed by atoms with Crippen LogP contribution in [0.4, 0.5) is 5.69 Å². The Morgan fingerprint density at radius 3 is 2.49 bits per heavy atom. The molecule has 0 bridgehead atoms. The summed E-state index contributed by atoms with van der Waals surface area (Å²) in [6.45, 7) is 6.60. The fourth-order valence-electron chi connectivity index (χ4n) is 3.61. The minimum Gasteiger partial charge on any atom is -0.505 e. The highest BCUT2D eigenvalue weighted by atomic mass is 16.3. The van der Waals surface area contributed by atoms with Crippen LogP contribution in [-0.4, -0.2) is 34.6 Å². The van der Waals surface area contributed by atoms with Crippen LogP contribution in [-0.2, 0) is 6.54 Å². The zero-order valence-electron chi connectivity index (χ0n) is 20.7. The van der Waals surface area contributed by atoms with Crippen LogP contribution in [0, 0.1) is 0 Å². The van der Waals surface area contributed by atoms with Gasteiger partial charge in [-0.25, -0.2) is 4.99 Å². The molecule has 0 spiro atoms. The number of nitrogens with one attached hydrogen (secondary N) is 1. The van der Waals surface area contributed by atoms with E-state index in [1.165, 1.54) is 4.90 Å². The fraction of sp³-hybridized carbons (Fsp3) is 0.296. The number of aliphatic imine (C=N–C) groups is 1.